The Balaban J connectivity index is 1.97. The maximum absolute atomic E-state index is 13.8. The normalized spacial score (nSPS) is 11.2. The van der Waals surface area contributed by atoms with Crippen molar-refractivity contribution in [3.8, 4) is 11.1 Å². The lowest BCUT2D eigenvalue weighted by molar-refractivity contribution is -0.136. The number of alkyl halides is 3. The number of carbonyl (C=O) groups is 1. The summed E-state index contributed by atoms with van der Waals surface area (Å²) in [5, 5.41) is 2.72. The van der Waals surface area contributed by atoms with Crippen molar-refractivity contribution in [3.63, 3.8) is 0 Å². The Morgan fingerprint density at radius 3 is 2.24 bits per heavy atom. The van der Waals surface area contributed by atoms with Crippen molar-refractivity contribution in [1.82, 2.24) is 0 Å². The highest BCUT2D eigenvalue weighted by atomic mass is 32.1. The summed E-state index contributed by atoms with van der Waals surface area (Å²) in [5.74, 6) is -0.570. The number of thiocarbonyl (C=S) groups is 1. The van der Waals surface area contributed by atoms with Crippen LogP contribution in [-0.2, 0) is 17.4 Å². The Kier molecular flexibility index (Phi) is 7.68. The smallest absolute Gasteiger partial charge is 0.397 e. The standard InChI is InChI=1S/C29H25F3N4OS/c1-18-15-16-22(33)27(26(18)19-9-3-2-4-10-19)36(24-14-8-5-11-20(24)17-25(34)37)28(38)35-23-13-7-6-12-21(23)29(30,31)32/h2-16H,17,33H2,1H3,(H2,34,37)(H,35,38). The van der Waals surface area contributed by atoms with E-state index in [1.807, 2.05) is 43.3 Å². The van der Waals surface area contributed by atoms with Gasteiger partial charge in [0.1, 0.15) is 0 Å². The third-order valence-electron chi connectivity index (χ3n) is 5.98. The van der Waals surface area contributed by atoms with Crippen LogP contribution in [0.15, 0.2) is 91.0 Å². The van der Waals surface area contributed by atoms with Crippen LogP contribution in [0, 0.1) is 6.92 Å². The molecule has 4 aromatic carbocycles. The van der Waals surface area contributed by atoms with Crippen molar-refractivity contribution in [2.24, 2.45) is 5.73 Å². The van der Waals surface area contributed by atoms with Crippen molar-refractivity contribution in [2.45, 2.75) is 19.5 Å². The van der Waals surface area contributed by atoms with Gasteiger partial charge in [0.2, 0.25) is 5.91 Å². The number of benzene rings is 4. The number of anilines is 4. The molecule has 0 aromatic heterocycles. The summed E-state index contributed by atoms with van der Waals surface area (Å²) < 4.78 is 41.4. The highest BCUT2D eigenvalue weighted by Crippen LogP contribution is 2.43. The molecule has 0 bridgehead atoms. The molecule has 5 N–H and O–H groups in total. The lowest BCUT2D eigenvalue weighted by Gasteiger charge is -2.32. The van der Waals surface area contributed by atoms with Crippen LogP contribution in [0.3, 0.4) is 0 Å². The molecule has 0 heterocycles. The first-order valence-electron chi connectivity index (χ1n) is 11.7. The number of aryl methyl sites for hydroxylation is 1. The largest absolute Gasteiger partial charge is 0.418 e. The summed E-state index contributed by atoms with van der Waals surface area (Å²) in [6.07, 6.45) is -4.72. The van der Waals surface area contributed by atoms with Crippen molar-refractivity contribution < 1.29 is 18.0 Å². The molecule has 4 rings (SSSR count). The summed E-state index contributed by atoms with van der Waals surface area (Å²) in [7, 11) is 0. The van der Waals surface area contributed by atoms with E-state index in [0.717, 1.165) is 22.8 Å². The van der Waals surface area contributed by atoms with Gasteiger partial charge in [0.25, 0.3) is 0 Å². The zero-order valence-electron chi connectivity index (χ0n) is 20.4. The summed E-state index contributed by atoms with van der Waals surface area (Å²) in [6, 6.07) is 25.0. The minimum atomic E-state index is -4.61. The molecule has 0 aliphatic heterocycles. The molecule has 0 atom stereocenters. The average molecular weight is 535 g/mol. The summed E-state index contributed by atoms with van der Waals surface area (Å²) >= 11 is 5.77. The lowest BCUT2D eigenvalue weighted by Crippen LogP contribution is -2.33. The Labute approximate surface area is 223 Å². The minimum absolute atomic E-state index is 0.0619. The molecule has 0 aliphatic carbocycles. The number of hydrogen-bond acceptors (Lipinski definition) is 3. The molecule has 4 aromatic rings. The summed E-state index contributed by atoms with van der Waals surface area (Å²) in [5.41, 5.74) is 15.2. The molecule has 5 nitrogen and oxygen atoms in total. The highest BCUT2D eigenvalue weighted by molar-refractivity contribution is 7.80. The zero-order chi connectivity index (χ0) is 27.4. The fraction of sp³-hybridized carbons (Fsp3) is 0.103. The molecule has 0 radical (unpaired) electrons. The van der Waals surface area contributed by atoms with Crippen LogP contribution in [0.25, 0.3) is 11.1 Å². The Hall–Kier alpha value is -4.37. The van der Waals surface area contributed by atoms with Crippen molar-refractivity contribution in [3.05, 3.63) is 108 Å². The molecule has 0 unspecified atom stereocenters. The second-order valence-electron chi connectivity index (χ2n) is 8.64. The molecule has 194 valence electrons. The maximum atomic E-state index is 13.8. The number of halogens is 3. The number of nitrogens with one attached hydrogen (secondary N) is 1. The van der Waals surface area contributed by atoms with E-state index in [0.29, 0.717) is 22.6 Å². The average Bonchev–Trinajstić information content (AvgIpc) is 2.87. The Morgan fingerprint density at radius 2 is 1.55 bits per heavy atom. The quantitative estimate of drug-likeness (QED) is 0.187. The van der Waals surface area contributed by atoms with Crippen LogP contribution in [0.2, 0.25) is 0 Å². The van der Waals surface area contributed by atoms with Crippen LogP contribution < -0.4 is 21.7 Å². The van der Waals surface area contributed by atoms with E-state index in [2.05, 4.69) is 5.32 Å². The topological polar surface area (TPSA) is 84.4 Å². The van der Waals surface area contributed by atoms with E-state index < -0.39 is 17.6 Å². The van der Waals surface area contributed by atoms with Gasteiger partial charge in [-0.15, -0.1) is 0 Å². The molecule has 0 saturated heterocycles. The molecule has 9 heteroatoms. The van der Waals surface area contributed by atoms with Crippen molar-refractivity contribution >= 4 is 46.0 Å². The van der Waals surface area contributed by atoms with Crippen molar-refractivity contribution in [1.29, 1.82) is 0 Å². The van der Waals surface area contributed by atoms with Gasteiger partial charge in [-0.25, -0.2) is 0 Å². The number of para-hydroxylation sites is 2. The molecule has 0 fully saturated rings. The van der Waals surface area contributed by atoms with Gasteiger partial charge in [0.15, 0.2) is 5.11 Å². The molecular formula is C29H25F3N4OS. The van der Waals surface area contributed by atoms with Crippen LogP contribution in [0.4, 0.5) is 35.9 Å². The molecule has 0 saturated carbocycles. The predicted octanol–water partition coefficient (Wildman–Crippen LogP) is 6.83. The molecule has 1 amide bonds. The van der Waals surface area contributed by atoms with E-state index in [1.54, 1.807) is 35.2 Å². The molecular weight excluding hydrogens is 509 g/mol. The fourth-order valence-corrected chi connectivity index (χ4v) is 4.63. The number of amides is 1. The number of primary amides is 1. The first-order valence-corrected chi connectivity index (χ1v) is 12.1. The van der Waals surface area contributed by atoms with Crippen LogP contribution in [-0.4, -0.2) is 11.0 Å². The predicted molar refractivity (Wildman–Crippen MR) is 150 cm³/mol. The third kappa shape index (κ3) is 5.63. The van der Waals surface area contributed by atoms with Crippen LogP contribution >= 0.6 is 12.2 Å². The van der Waals surface area contributed by atoms with Gasteiger partial charge >= 0.3 is 6.18 Å². The maximum Gasteiger partial charge on any atom is 0.418 e. The number of carbonyl (C=O) groups excluding carboxylic acids is 1. The van der Waals surface area contributed by atoms with Gasteiger partial charge in [-0.1, -0.05) is 66.7 Å². The number of rotatable bonds is 6. The highest BCUT2D eigenvalue weighted by Gasteiger charge is 2.34. The van der Waals surface area contributed by atoms with Crippen molar-refractivity contribution in [2.75, 3.05) is 16.0 Å². The van der Waals surface area contributed by atoms with E-state index >= 15 is 0 Å². The number of nitrogen functional groups attached to an aromatic ring is 1. The van der Waals surface area contributed by atoms with E-state index in [1.165, 1.54) is 18.2 Å². The summed E-state index contributed by atoms with van der Waals surface area (Å²) in [4.78, 5) is 13.5. The van der Waals surface area contributed by atoms with Gasteiger partial charge < -0.3 is 16.8 Å². The van der Waals surface area contributed by atoms with Gasteiger partial charge in [-0.2, -0.15) is 13.2 Å². The van der Waals surface area contributed by atoms with E-state index in [9.17, 15) is 18.0 Å². The minimum Gasteiger partial charge on any atom is -0.397 e. The number of nitrogens with zero attached hydrogens (tertiary/aromatic N) is 1. The molecule has 0 aliphatic rings. The first-order chi connectivity index (χ1) is 18.1. The second-order valence-corrected chi connectivity index (χ2v) is 9.03. The third-order valence-corrected chi connectivity index (χ3v) is 6.26. The SMILES string of the molecule is Cc1ccc(N)c(N(C(=S)Nc2ccccc2C(F)(F)F)c2ccccc2CC(N)=O)c1-c1ccccc1. The Morgan fingerprint density at radius 1 is 0.921 bits per heavy atom. The number of hydrogen-bond donors (Lipinski definition) is 3. The van der Waals surface area contributed by atoms with Crippen LogP contribution in [0.1, 0.15) is 16.7 Å². The number of nitrogens with two attached hydrogens (primary N) is 2. The second kappa shape index (κ2) is 10.9. The van der Waals surface area contributed by atoms with Gasteiger partial charge in [-0.05, 0) is 60.1 Å². The lowest BCUT2D eigenvalue weighted by atomic mass is 9.96. The van der Waals surface area contributed by atoms with Gasteiger partial charge in [-0.3, -0.25) is 9.69 Å². The van der Waals surface area contributed by atoms with Crippen LogP contribution in [0.5, 0.6) is 0 Å². The molecule has 0 spiro atoms. The first kappa shape index (κ1) is 26.7. The van der Waals surface area contributed by atoms with E-state index in [4.69, 9.17) is 23.7 Å². The van der Waals surface area contributed by atoms with Gasteiger partial charge in [0.05, 0.1) is 34.7 Å². The van der Waals surface area contributed by atoms with Gasteiger partial charge in [0, 0.05) is 5.56 Å². The summed E-state index contributed by atoms with van der Waals surface area (Å²) in [6.45, 7) is 1.91. The zero-order valence-corrected chi connectivity index (χ0v) is 21.2. The fourth-order valence-electron chi connectivity index (χ4n) is 4.33. The monoisotopic (exact) mass is 534 g/mol. The van der Waals surface area contributed by atoms with E-state index in [-0.39, 0.29) is 17.2 Å². The molecule has 38 heavy (non-hydrogen) atoms. The Bertz CT molecular complexity index is 1490.